The van der Waals surface area contributed by atoms with Crippen LogP contribution < -0.4 is 4.74 Å². The van der Waals surface area contributed by atoms with Gasteiger partial charge in [-0.3, -0.25) is 14.9 Å². The minimum Gasteiger partial charge on any atom is -0.496 e. The number of carbonyl (C=O) groups is 1. The second-order valence-electron chi connectivity index (χ2n) is 6.62. The molecular formula is C21H19N3O4. The highest BCUT2D eigenvalue weighted by atomic mass is 16.6. The largest absolute Gasteiger partial charge is 0.496 e. The average molecular weight is 377 g/mol. The number of hydrogen-bond donors (Lipinski definition) is 1. The third-order valence-electron chi connectivity index (χ3n) is 5.06. The van der Waals surface area contributed by atoms with E-state index in [2.05, 4.69) is 11.1 Å². The van der Waals surface area contributed by atoms with Crippen LogP contribution in [-0.2, 0) is 0 Å². The van der Waals surface area contributed by atoms with Gasteiger partial charge in [-0.15, -0.1) is 0 Å². The number of para-hydroxylation sites is 1. The van der Waals surface area contributed by atoms with E-state index in [1.807, 2.05) is 30.5 Å². The molecule has 0 radical (unpaired) electrons. The van der Waals surface area contributed by atoms with Crippen LogP contribution in [0.3, 0.4) is 0 Å². The molecule has 0 atom stereocenters. The Morgan fingerprint density at radius 1 is 1.25 bits per heavy atom. The van der Waals surface area contributed by atoms with Gasteiger partial charge in [0.25, 0.3) is 11.6 Å². The fourth-order valence-corrected chi connectivity index (χ4v) is 3.58. The first-order valence-corrected chi connectivity index (χ1v) is 8.95. The van der Waals surface area contributed by atoms with E-state index in [-0.39, 0.29) is 17.2 Å². The number of rotatable bonds is 4. The molecule has 0 fully saturated rings. The van der Waals surface area contributed by atoms with Crippen LogP contribution in [0.4, 0.5) is 5.69 Å². The van der Waals surface area contributed by atoms with E-state index in [4.69, 9.17) is 4.74 Å². The van der Waals surface area contributed by atoms with Gasteiger partial charge in [-0.2, -0.15) is 0 Å². The molecule has 1 aromatic heterocycles. The lowest BCUT2D eigenvalue weighted by atomic mass is 9.98. The first kappa shape index (κ1) is 17.8. The van der Waals surface area contributed by atoms with Crippen molar-refractivity contribution in [2.75, 3.05) is 20.2 Å². The van der Waals surface area contributed by atoms with Crippen molar-refractivity contribution in [2.24, 2.45) is 0 Å². The topological polar surface area (TPSA) is 88.5 Å². The Labute approximate surface area is 161 Å². The van der Waals surface area contributed by atoms with Crippen molar-refractivity contribution in [3.8, 4) is 5.75 Å². The number of aromatic nitrogens is 1. The van der Waals surface area contributed by atoms with Gasteiger partial charge in [-0.25, -0.2) is 0 Å². The standard InChI is InChI=1S/C21H19N3O4/c1-28-20-7-6-15(24(26)27)12-17(20)21(25)23-10-8-14(9-11-23)18-13-22-19-5-3-2-4-16(18)19/h2-8,12-13,22H,9-11H2,1H3. The van der Waals surface area contributed by atoms with Crippen molar-refractivity contribution >= 4 is 28.1 Å². The first-order chi connectivity index (χ1) is 13.6. The summed E-state index contributed by atoms with van der Waals surface area (Å²) in [6.45, 7) is 0.982. The van der Waals surface area contributed by atoms with Crippen molar-refractivity contribution in [2.45, 2.75) is 6.42 Å². The quantitative estimate of drug-likeness (QED) is 0.549. The van der Waals surface area contributed by atoms with Crippen molar-refractivity contribution in [3.05, 3.63) is 76.0 Å². The molecule has 28 heavy (non-hydrogen) atoms. The number of nitrogens with zero attached hydrogens (tertiary/aromatic N) is 2. The number of H-pyrrole nitrogens is 1. The lowest BCUT2D eigenvalue weighted by molar-refractivity contribution is -0.384. The zero-order valence-electron chi connectivity index (χ0n) is 15.3. The second-order valence-corrected chi connectivity index (χ2v) is 6.62. The Morgan fingerprint density at radius 2 is 2.07 bits per heavy atom. The normalized spacial score (nSPS) is 14.0. The van der Waals surface area contributed by atoms with Crippen LogP contribution in [0.1, 0.15) is 22.3 Å². The molecule has 2 heterocycles. The molecule has 7 heteroatoms. The van der Waals surface area contributed by atoms with Crippen LogP contribution in [0.2, 0.25) is 0 Å². The first-order valence-electron chi connectivity index (χ1n) is 8.95. The number of non-ortho nitro benzene ring substituents is 1. The Morgan fingerprint density at radius 3 is 2.79 bits per heavy atom. The Bertz CT molecular complexity index is 1100. The maximum Gasteiger partial charge on any atom is 0.270 e. The predicted molar refractivity (Wildman–Crippen MR) is 106 cm³/mol. The fraction of sp³-hybridized carbons (Fsp3) is 0.190. The van der Waals surface area contributed by atoms with Crippen LogP contribution in [0.25, 0.3) is 16.5 Å². The molecule has 0 aliphatic carbocycles. The highest BCUT2D eigenvalue weighted by Crippen LogP contribution is 2.31. The van der Waals surface area contributed by atoms with E-state index in [9.17, 15) is 14.9 Å². The lowest BCUT2D eigenvalue weighted by Crippen LogP contribution is -2.34. The summed E-state index contributed by atoms with van der Waals surface area (Å²) < 4.78 is 5.23. The van der Waals surface area contributed by atoms with E-state index in [0.29, 0.717) is 25.3 Å². The molecule has 7 nitrogen and oxygen atoms in total. The number of amides is 1. The van der Waals surface area contributed by atoms with Crippen LogP contribution in [0.15, 0.2) is 54.7 Å². The summed E-state index contributed by atoms with van der Waals surface area (Å²) >= 11 is 0. The smallest absolute Gasteiger partial charge is 0.270 e. The van der Waals surface area contributed by atoms with E-state index in [0.717, 1.165) is 16.5 Å². The molecule has 1 N–H and O–H groups in total. The molecule has 0 saturated heterocycles. The van der Waals surface area contributed by atoms with Crippen LogP contribution in [0, 0.1) is 10.1 Å². The summed E-state index contributed by atoms with van der Waals surface area (Å²) in [5.41, 5.74) is 3.50. The van der Waals surface area contributed by atoms with Gasteiger partial charge in [0.1, 0.15) is 5.75 Å². The van der Waals surface area contributed by atoms with Gasteiger partial charge < -0.3 is 14.6 Å². The summed E-state index contributed by atoms with van der Waals surface area (Å²) in [6.07, 6.45) is 4.75. The SMILES string of the molecule is COc1ccc([N+](=O)[O-])cc1C(=O)N1CC=C(c2c[nH]c3ccccc23)CC1. The zero-order chi connectivity index (χ0) is 19.7. The van der Waals surface area contributed by atoms with Gasteiger partial charge in [0.2, 0.25) is 0 Å². The van der Waals surface area contributed by atoms with Crippen molar-refractivity contribution < 1.29 is 14.5 Å². The maximum atomic E-state index is 12.9. The van der Waals surface area contributed by atoms with E-state index >= 15 is 0 Å². The number of nitrogens with one attached hydrogen (secondary N) is 1. The monoisotopic (exact) mass is 377 g/mol. The number of carbonyl (C=O) groups excluding carboxylic acids is 1. The number of nitro groups is 1. The number of methoxy groups -OCH3 is 1. The third-order valence-corrected chi connectivity index (χ3v) is 5.06. The molecular weight excluding hydrogens is 358 g/mol. The molecule has 1 aliphatic rings. The summed E-state index contributed by atoms with van der Waals surface area (Å²) in [4.78, 5) is 28.5. The minimum atomic E-state index is -0.512. The molecule has 1 aliphatic heterocycles. The van der Waals surface area contributed by atoms with Gasteiger partial charge in [0.15, 0.2) is 0 Å². The van der Waals surface area contributed by atoms with E-state index in [1.54, 1.807) is 4.90 Å². The van der Waals surface area contributed by atoms with Crippen molar-refractivity contribution in [1.82, 2.24) is 9.88 Å². The molecule has 3 aromatic rings. The molecule has 0 spiro atoms. The van der Waals surface area contributed by atoms with Gasteiger partial charge in [0.05, 0.1) is 17.6 Å². The fourth-order valence-electron chi connectivity index (χ4n) is 3.58. The number of ether oxygens (including phenoxy) is 1. The summed E-state index contributed by atoms with van der Waals surface area (Å²) in [5, 5.41) is 12.2. The summed E-state index contributed by atoms with van der Waals surface area (Å²) in [7, 11) is 1.45. The van der Waals surface area contributed by atoms with Crippen LogP contribution >= 0.6 is 0 Å². The number of benzene rings is 2. The second kappa shape index (κ2) is 7.19. The van der Waals surface area contributed by atoms with Gasteiger partial charge in [-0.1, -0.05) is 24.3 Å². The molecule has 142 valence electrons. The Kier molecular flexibility index (Phi) is 4.57. The number of fused-ring (bicyclic) bond motifs is 1. The third kappa shape index (κ3) is 3.11. The lowest BCUT2D eigenvalue weighted by Gasteiger charge is -2.27. The van der Waals surface area contributed by atoms with Crippen LogP contribution in [0.5, 0.6) is 5.75 Å². The molecule has 0 bridgehead atoms. The Balaban J connectivity index is 1.59. The molecule has 1 amide bonds. The zero-order valence-corrected chi connectivity index (χ0v) is 15.3. The van der Waals surface area contributed by atoms with Gasteiger partial charge in [0, 0.05) is 47.9 Å². The average Bonchev–Trinajstić information content (AvgIpc) is 3.17. The molecule has 0 unspecified atom stereocenters. The number of nitro benzene ring substituents is 1. The highest BCUT2D eigenvalue weighted by Gasteiger charge is 2.24. The summed E-state index contributed by atoms with van der Waals surface area (Å²) in [6, 6.07) is 12.2. The highest BCUT2D eigenvalue weighted by molar-refractivity contribution is 5.98. The Hall–Kier alpha value is -3.61. The maximum absolute atomic E-state index is 12.9. The summed E-state index contributed by atoms with van der Waals surface area (Å²) in [5.74, 6) is 0.0665. The molecule has 2 aromatic carbocycles. The van der Waals surface area contributed by atoms with Crippen molar-refractivity contribution in [1.29, 1.82) is 0 Å². The number of hydrogen-bond acceptors (Lipinski definition) is 4. The molecule has 0 saturated carbocycles. The predicted octanol–water partition coefficient (Wildman–Crippen LogP) is 4.01. The van der Waals surface area contributed by atoms with Gasteiger partial charge in [-0.05, 0) is 24.1 Å². The van der Waals surface area contributed by atoms with E-state index < -0.39 is 4.92 Å². The molecule has 4 rings (SSSR count). The van der Waals surface area contributed by atoms with E-state index in [1.165, 1.54) is 30.9 Å². The minimum absolute atomic E-state index is 0.129. The van der Waals surface area contributed by atoms with Crippen molar-refractivity contribution in [3.63, 3.8) is 0 Å². The van der Waals surface area contributed by atoms with Gasteiger partial charge >= 0.3 is 0 Å². The van der Waals surface area contributed by atoms with Crippen LogP contribution in [-0.4, -0.2) is 40.9 Å². The number of aromatic amines is 1.